The standard InChI is InChI=1S/C25H26N4O3S/c30-24-22-13-28(14-23-26-21(17-33-23)19-9-5-2-6-10-19)11-12-29(22)25(31)20(27-24)16-32-15-18-7-3-1-4-8-18/h1-10,17,20,22H,11-16H2,(H,27,30)/t20-,22+/m0/s1. The lowest BCUT2D eigenvalue weighted by atomic mass is 10.0. The van der Waals surface area contributed by atoms with Crippen LogP contribution < -0.4 is 5.32 Å². The molecule has 2 atom stereocenters. The zero-order valence-corrected chi connectivity index (χ0v) is 19.0. The first kappa shape index (κ1) is 21.8. The van der Waals surface area contributed by atoms with Gasteiger partial charge in [-0.15, -0.1) is 11.3 Å². The summed E-state index contributed by atoms with van der Waals surface area (Å²) in [5.41, 5.74) is 3.11. The number of aromatic nitrogens is 1. The SMILES string of the molecule is O=C1N[C@@H](COCc2ccccc2)C(=O)N2CCN(Cc3nc(-c4ccccc4)cs3)C[C@H]12. The molecule has 3 aromatic rings. The Kier molecular flexibility index (Phi) is 6.48. The molecule has 0 spiro atoms. The number of nitrogens with one attached hydrogen (secondary N) is 1. The Morgan fingerprint density at radius 1 is 1.03 bits per heavy atom. The van der Waals surface area contributed by atoms with Gasteiger partial charge in [0.1, 0.15) is 17.1 Å². The van der Waals surface area contributed by atoms with Crippen molar-refractivity contribution in [1.82, 2.24) is 20.1 Å². The normalized spacial score (nSPS) is 21.0. The highest BCUT2D eigenvalue weighted by Crippen LogP contribution is 2.24. The average molecular weight is 463 g/mol. The molecule has 7 nitrogen and oxygen atoms in total. The first-order valence-electron chi connectivity index (χ1n) is 11.1. The number of benzene rings is 2. The lowest BCUT2D eigenvalue weighted by Gasteiger charge is -2.45. The van der Waals surface area contributed by atoms with Crippen LogP contribution in [0.25, 0.3) is 11.3 Å². The third-order valence-corrected chi connectivity index (χ3v) is 6.87. The minimum absolute atomic E-state index is 0.0621. The van der Waals surface area contributed by atoms with E-state index < -0.39 is 12.1 Å². The van der Waals surface area contributed by atoms with Crippen LogP contribution in [0.2, 0.25) is 0 Å². The number of piperazine rings is 2. The molecular formula is C25H26N4O3S. The van der Waals surface area contributed by atoms with Crippen molar-refractivity contribution in [1.29, 1.82) is 0 Å². The van der Waals surface area contributed by atoms with Crippen molar-refractivity contribution in [3.63, 3.8) is 0 Å². The monoisotopic (exact) mass is 462 g/mol. The smallest absolute Gasteiger partial charge is 0.248 e. The molecule has 2 aromatic carbocycles. The zero-order valence-electron chi connectivity index (χ0n) is 18.2. The molecule has 0 unspecified atom stereocenters. The number of hydrogen-bond acceptors (Lipinski definition) is 6. The minimum atomic E-state index is -0.628. The highest BCUT2D eigenvalue weighted by Gasteiger charge is 2.43. The largest absolute Gasteiger partial charge is 0.374 e. The van der Waals surface area contributed by atoms with Crippen LogP contribution in [0, 0.1) is 0 Å². The van der Waals surface area contributed by atoms with Crippen molar-refractivity contribution in [2.24, 2.45) is 0 Å². The molecule has 1 N–H and O–H groups in total. The molecule has 2 aliphatic rings. The predicted molar refractivity (Wildman–Crippen MR) is 126 cm³/mol. The van der Waals surface area contributed by atoms with E-state index in [0.29, 0.717) is 32.8 Å². The lowest BCUT2D eigenvalue weighted by Crippen LogP contribution is -2.69. The van der Waals surface area contributed by atoms with E-state index in [-0.39, 0.29) is 18.4 Å². The van der Waals surface area contributed by atoms with E-state index in [4.69, 9.17) is 9.72 Å². The Hall–Kier alpha value is -3.07. The van der Waals surface area contributed by atoms with Gasteiger partial charge in [-0.2, -0.15) is 0 Å². The van der Waals surface area contributed by atoms with Gasteiger partial charge in [0.2, 0.25) is 11.8 Å². The van der Waals surface area contributed by atoms with E-state index in [0.717, 1.165) is 21.8 Å². The molecule has 2 amide bonds. The van der Waals surface area contributed by atoms with E-state index in [1.807, 2.05) is 48.5 Å². The van der Waals surface area contributed by atoms with E-state index in [1.54, 1.807) is 16.2 Å². The fourth-order valence-corrected chi connectivity index (χ4v) is 5.14. The highest BCUT2D eigenvalue weighted by atomic mass is 32.1. The molecule has 170 valence electrons. The number of carbonyl (C=O) groups excluding carboxylic acids is 2. The van der Waals surface area contributed by atoms with Crippen molar-refractivity contribution in [2.45, 2.75) is 25.2 Å². The van der Waals surface area contributed by atoms with E-state index >= 15 is 0 Å². The van der Waals surface area contributed by atoms with Gasteiger partial charge in [-0.25, -0.2) is 4.98 Å². The van der Waals surface area contributed by atoms with Crippen LogP contribution in [0.3, 0.4) is 0 Å². The Morgan fingerprint density at radius 3 is 2.58 bits per heavy atom. The summed E-state index contributed by atoms with van der Waals surface area (Å²) in [6.07, 6.45) is 0. The Balaban J connectivity index is 1.16. The van der Waals surface area contributed by atoms with E-state index in [1.165, 1.54) is 0 Å². The quantitative estimate of drug-likeness (QED) is 0.584. The summed E-state index contributed by atoms with van der Waals surface area (Å²) in [6.45, 7) is 3.02. The Bertz CT molecular complexity index is 1110. The first-order valence-corrected chi connectivity index (χ1v) is 12.0. The maximum atomic E-state index is 13.0. The third kappa shape index (κ3) is 4.98. The molecule has 0 radical (unpaired) electrons. The molecule has 0 bridgehead atoms. The van der Waals surface area contributed by atoms with Crippen molar-refractivity contribution >= 4 is 23.2 Å². The number of rotatable bonds is 7. The second-order valence-corrected chi connectivity index (χ2v) is 9.28. The summed E-state index contributed by atoms with van der Waals surface area (Å²) in [4.78, 5) is 34.5. The summed E-state index contributed by atoms with van der Waals surface area (Å²) in [7, 11) is 0. The molecule has 1 aromatic heterocycles. The van der Waals surface area contributed by atoms with Crippen LogP contribution in [-0.4, -0.2) is 64.9 Å². The van der Waals surface area contributed by atoms with Crippen molar-refractivity contribution in [2.75, 3.05) is 26.2 Å². The molecule has 2 aliphatic heterocycles. The number of carbonyl (C=O) groups is 2. The molecule has 5 rings (SSSR count). The van der Waals surface area contributed by atoms with Gasteiger partial charge in [-0.3, -0.25) is 14.5 Å². The van der Waals surface area contributed by atoms with Crippen LogP contribution in [0.1, 0.15) is 10.6 Å². The minimum Gasteiger partial charge on any atom is -0.374 e. The maximum Gasteiger partial charge on any atom is 0.248 e. The van der Waals surface area contributed by atoms with Crippen LogP contribution in [0.4, 0.5) is 0 Å². The Labute approximate surface area is 197 Å². The topological polar surface area (TPSA) is 74.8 Å². The van der Waals surface area contributed by atoms with Crippen molar-refractivity contribution in [3.05, 3.63) is 76.6 Å². The van der Waals surface area contributed by atoms with Crippen molar-refractivity contribution in [3.8, 4) is 11.3 Å². The van der Waals surface area contributed by atoms with Gasteiger partial charge in [0.15, 0.2) is 0 Å². The molecule has 0 saturated carbocycles. The summed E-state index contributed by atoms with van der Waals surface area (Å²) in [5.74, 6) is -0.176. The molecule has 0 aliphatic carbocycles. The molecule has 2 fully saturated rings. The van der Waals surface area contributed by atoms with Gasteiger partial charge >= 0.3 is 0 Å². The summed E-state index contributed by atoms with van der Waals surface area (Å²) in [5, 5.41) is 5.95. The average Bonchev–Trinajstić information content (AvgIpc) is 3.32. The number of amides is 2. The van der Waals surface area contributed by atoms with Gasteiger partial charge in [0, 0.05) is 30.6 Å². The van der Waals surface area contributed by atoms with Gasteiger partial charge in [-0.05, 0) is 5.56 Å². The van der Waals surface area contributed by atoms with E-state index in [9.17, 15) is 9.59 Å². The number of thiazole rings is 1. The van der Waals surface area contributed by atoms with Gasteiger partial charge in [0.25, 0.3) is 0 Å². The summed E-state index contributed by atoms with van der Waals surface area (Å²) >= 11 is 1.63. The van der Waals surface area contributed by atoms with Gasteiger partial charge in [-0.1, -0.05) is 60.7 Å². The van der Waals surface area contributed by atoms with Gasteiger partial charge in [0.05, 0.1) is 25.5 Å². The number of ether oxygens (including phenoxy) is 1. The summed E-state index contributed by atoms with van der Waals surface area (Å²) < 4.78 is 5.72. The predicted octanol–water partition coefficient (Wildman–Crippen LogP) is 2.54. The Morgan fingerprint density at radius 2 is 1.79 bits per heavy atom. The van der Waals surface area contributed by atoms with Gasteiger partial charge < -0.3 is 15.0 Å². The molecule has 3 heterocycles. The molecular weight excluding hydrogens is 436 g/mol. The lowest BCUT2D eigenvalue weighted by molar-refractivity contribution is -0.155. The second kappa shape index (κ2) is 9.82. The fourth-order valence-electron chi connectivity index (χ4n) is 4.30. The van der Waals surface area contributed by atoms with Crippen molar-refractivity contribution < 1.29 is 14.3 Å². The van der Waals surface area contributed by atoms with E-state index in [2.05, 4.69) is 27.7 Å². The maximum absolute atomic E-state index is 13.0. The highest BCUT2D eigenvalue weighted by molar-refractivity contribution is 7.09. The van der Waals surface area contributed by atoms with Crippen LogP contribution in [-0.2, 0) is 27.5 Å². The first-order chi connectivity index (χ1) is 16.2. The second-order valence-electron chi connectivity index (χ2n) is 8.34. The molecule has 8 heteroatoms. The zero-order chi connectivity index (χ0) is 22.6. The summed E-state index contributed by atoms with van der Waals surface area (Å²) in [6, 6.07) is 18.8. The number of nitrogens with zero attached hydrogens (tertiary/aromatic N) is 3. The van der Waals surface area contributed by atoms with Crippen LogP contribution in [0.5, 0.6) is 0 Å². The molecule has 33 heavy (non-hydrogen) atoms. The third-order valence-electron chi connectivity index (χ3n) is 6.04. The van der Waals surface area contributed by atoms with Crippen LogP contribution in [0.15, 0.2) is 66.0 Å². The van der Waals surface area contributed by atoms with Crippen LogP contribution >= 0.6 is 11.3 Å². The number of hydrogen-bond donors (Lipinski definition) is 1. The molecule has 2 saturated heterocycles. The number of fused-ring (bicyclic) bond motifs is 1. The fraction of sp³-hybridized carbons (Fsp3) is 0.320.